The maximum Gasteiger partial charge on any atom is 0.139 e. The molecular weight excluding hydrogens is 285 g/mol. The summed E-state index contributed by atoms with van der Waals surface area (Å²) in [6.07, 6.45) is 1.85. The van der Waals surface area contributed by atoms with Crippen LogP contribution < -0.4 is 5.73 Å². The highest BCUT2D eigenvalue weighted by molar-refractivity contribution is 7.98. The predicted octanol–water partition coefficient (Wildman–Crippen LogP) is 3.42. The van der Waals surface area contributed by atoms with Crippen LogP contribution in [-0.2, 0) is 12.2 Å². The molecule has 1 aromatic carbocycles. The Kier molecular flexibility index (Phi) is 5.70. The number of aryl methyl sites for hydroxylation is 2. The molecule has 5 heteroatoms. The first-order valence-corrected chi connectivity index (χ1v) is 8.00. The predicted molar refractivity (Wildman–Crippen MR) is 84.8 cm³/mol. The molecule has 0 saturated heterocycles. The highest BCUT2D eigenvalue weighted by atomic mass is 32.2. The molecule has 0 aliphatic heterocycles. The monoisotopic (exact) mass is 305 g/mol. The van der Waals surface area contributed by atoms with Gasteiger partial charge < -0.3 is 5.73 Å². The van der Waals surface area contributed by atoms with E-state index in [4.69, 9.17) is 5.73 Å². The van der Waals surface area contributed by atoms with Gasteiger partial charge in [0.15, 0.2) is 0 Å². The number of benzene rings is 1. The topological polar surface area (TPSA) is 51.8 Å². The number of aromatic nitrogens is 2. The second-order valence-corrected chi connectivity index (χ2v) is 5.92. The molecule has 0 aliphatic rings. The molecule has 2 N–H and O–H groups in total. The lowest BCUT2D eigenvalue weighted by molar-refractivity contribution is 0.602. The van der Waals surface area contributed by atoms with E-state index in [1.165, 1.54) is 23.4 Å². The van der Waals surface area contributed by atoms with Crippen molar-refractivity contribution in [3.05, 3.63) is 52.9 Å². The molecule has 0 atom stereocenters. The summed E-state index contributed by atoms with van der Waals surface area (Å²) in [5.41, 5.74) is 8.73. The lowest BCUT2D eigenvalue weighted by atomic mass is 10.1. The van der Waals surface area contributed by atoms with Gasteiger partial charge in [-0.1, -0.05) is 12.1 Å². The smallest absolute Gasteiger partial charge is 0.139 e. The molecule has 0 bridgehead atoms. The quantitative estimate of drug-likeness (QED) is 0.831. The molecule has 0 amide bonds. The van der Waals surface area contributed by atoms with Crippen LogP contribution >= 0.6 is 11.8 Å². The van der Waals surface area contributed by atoms with Crippen molar-refractivity contribution in [1.82, 2.24) is 9.97 Å². The molecule has 21 heavy (non-hydrogen) atoms. The molecule has 0 fully saturated rings. The zero-order valence-corrected chi connectivity index (χ0v) is 13.2. The molecular formula is C16H20FN3S. The minimum absolute atomic E-state index is 0.199. The first-order chi connectivity index (χ1) is 10.1. The second kappa shape index (κ2) is 7.52. The van der Waals surface area contributed by atoms with E-state index in [1.54, 1.807) is 12.1 Å². The summed E-state index contributed by atoms with van der Waals surface area (Å²) >= 11 is 1.42. The van der Waals surface area contributed by atoms with Crippen LogP contribution in [0.2, 0.25) is 0 Å². The minimum Gasteiger partial charge on any atom is -0.330 e. The number of nitrogens with zero attached hydrogens (tertiary/aromatic N) is 2. The van der Waals surface area contributed by atoms with Gasteiger partial charge >= 0.3 is 0 Å². The summed E-state index contributed by atoms with van der Waals surface area (Å²) in [5.74, 6) is 1.12. The van der Waals surface area contributed by atoms with E-state index in [0.717, 1.165) is 30.1 Å². The number of nitrogens with two attached hydrogens (primary N) is 1. The fourth-order valence-electron chi connectivity index (χ4n) is 2.22. The maximum atomic E-state index is 13.6. The van der Waals surface area contributed by atoms with E-state index in [1.807, 2.05) is 19.9 Å². The van der Waals surface area contributed by atoms with E-state index in [0.29, 0.717) is 17.2 Å². The Bertz CT molecular complexity index is 593. The first kappa shape index (κ1) is 15.9. The number of thioether (sulfide) groups is 1. The van der Waals surface area contributed by atoms with Crippen LogP contribution in [0.15, 0.2) is 29.2 Å². The SMILES string of the molecule is Cc1nc(CSc2ccccc2F)nc(C)c1CCCN. The maximum absolute atomic E-state index is 13.6. The molecule has 1 heterocycles. The molecule has 0 saturated carbocycles. The summed E-state index contributed by atoms with van der Waals surface area (Å²) in [7, 11) is 0. The third kappa shape index (κ3) is 4.25. The molecule has 112 valence electrons. The number of hydrogen-bond acceptors (Lipinski definition) is 4. The third-order valence-corrected chi connectivity index (χ3v) is 4.34. The van der Waals surface area contributed by atoms with Gasteiger partial charge in [-0.25, -0.2) is 14.4 Å². The lowest BCUT2D eigenvalue weighted by Gasteiger charge is -2.10. The van der Waals surface area contributed by atoms with Gasteiger partial charge in [-0.3, -0.25) is 0 Å². The van der Waals surface area contributed by atoms with E-state index in [9.17, 15) is 4.39 Å². The van der Waals surface area contributed by atoms with Gasteiger partial charge in [0.2, 0.25) is 0 Å². The highest BCUT2D eigenvalue weighted by Gasteiger charge is 2.09. The standard InChI is InChI=1S/C16H20FN3S/c1-11-13(6-5-9-18)12(2)20-16(19-11)10-21-15-8-4-3-7-14(15)17/h3-4,7-8H,5-6,9-10,18H2,1-2H3. The van der Waals surface area contributed by atoms with E-state index in [-0.39, 0.29) is 5.82 Å². The second-order valence-electron chi connectivity index (χ2n) is 4.90. The van der Waals surface area contributed by atoms with Crippen LogP contribution in [0.1, 0.15) is 29.2 Å². The minimum atomic E-state index is -0.199. The molecule has 1 aromatic heterocycles. The van der Waals surface area contributed by atoms with Crippen LogP contribution in [0.5, 0.6) is 0 Å². The van der Waals surface area contributed by atoms with Gasteiger partial charge in [-0.2, -0.15) is 0 Å². The average Bonchev–Trinajstić information content (AvgIpc) is 2.46. The summed E-state index contributed by atoms with van der Waals surface area (Å²) in [5, 5.41) is 0. The molecule has 0 aliphatic carbocycles. The van der Waals surface area contributed by atoms with Gasteiger partial charge in [-0.05, 0) is 50.9 Å². The van der Waals surface area contributed by atoms with E-state index < -0.39 is 0 Å². The molecule has 2 rings (SSSR count). The average molecular weight is 305 g/mol. The fourth-order valence-corrected chi connectivity index (χ4v) is 3.01. The number of hydrogen-bond donors (Lipinski definition) is 1. The van der Waals surface area contributed by atoms with Crippen molar-refractivity contribution in [1.29, 1.82) is 0 Å². The van der Waals surface area contributed by atoms with E-state index >= 15 is 0 Å². The summed E-state index contributed by atoms with van der Waals surface area (Å²) in [6.45, 7) is 4.67. The summed E-state index contributed by atoms with van der Waals surface area (Å²) in [6, 6.07) is 6.76. The fraction of sp³-hybridized carbons (Fsp3) is 0.375. The van der Waals surface area contributed by atoms with Crippen molar-refractivity contribution in [3.63, 3.8) is 0 Å². The Morgan fingerprint density at radius 2 is 1.81 bits per heavy atom. The first-order valence-electron chi connectivity index (χ1n) is 7.02. The highest BCUT2D eigenvalue weighted by Crippen LogP contribution is 2.24. The van der Waals surface area contributed by atoms with Crippen molar-refractivity contribution < 1.29 is 4.39 Å². The zero-order chi connectivity index (χ0) is 15.2. The van der Waals surface area contributed by atoms with Crippen LogP contribution in [0.3, 0.4) is 0 Å². The molecule has 0 spiro atoms. The Hall–Kier alpha value is -1.46. The van der Waals surface area contributed by atoms with Crippen molar-refractivity contribution in [2.24, 2.45) is 5.73 Å². The van der Waals surface area contributed by atoms with Crippen molar-refractivity contribution in [2.45, 2.75) is 37.3 Å². The van der Waals surface area contributed by atoms with Gasteiger partial charge in [0.05, 0.1) is 5.75 Å². The summed E-state index contributed by atoms with van der Waals surface area (Å²) in [4.78, 5) is 9.70. The van der Waals surface area contributed by atoms with Gasteiger partial charge in [0.1, 0.15) is 11.6 Å². The Morgan fingerprint density at radius 3 is 2.43 bits per heavy atom. The normalized spacial score (nSPS) is 10.9. The third-order valence-electron chi connectivity index (χ3n) is 3.29. The van der Waals surface area contributed by atoms with Gasteiger partial charge in [-0.15, -0.1) is 11.8 Å². The van der Waals surface area contributed by atoms with Crippen LogP contribution in [0.25, 0.3) is 0 Å². The van der Waals surface area contributed by atoms with Crippen molar-refractivity contribution in [3.8, 4) is 0 Å². The molecule has 3 nitrogen and oxygen atoms in total. The van der Waals surface area contributed by atoms with Crippen molar-refractivity contribution in [2.75, 3.05) is 6.54 Å². The lowest BCUT2D eigenvalue weighted by Crippen LogP contribution is -2.07. The summed E-state index contributed by atoms with van der Waals surface area (Å²) < 4.78 is 13.6. The zero-order valence-electron chi connectivity index (χ0n) is 12.4. The van der Waals surface area contributed by atoms with Gasteiger partial charge in [0, 0.05) is 16.3 Å². The largest absolute Gasteiger partial charge is 0.330 e. The molecule has 2 aromatic rings. The van der Waals surface area contributed by atoms with Gasteiger partial charge in [0.25, 0.3) is 0 Å². The van der Waals surface area contributed by atoms with E-state index in [2.05, 4.69) is 9.97 Å². The van der Waals surface area contributed by atoms with Crippen molar-refractivity contribution >= 4 is 11.8 Å². The number of rotatable bonds is 6. The van der Waals surface area contributed by atoms with Crippen LogP contribution in [-0.4, -0.2) is 16.5 Å². The Labute approximate surface area is 129 Å². The molecule has 0 radical (unpaired) electrons. The Balaban J connectivity index is 2.09. The van der Waals surface area contributed by atoms with Crippen LogP contribution in [0, 0.1) is 19.7 Å². The van der Waals surface area contributed by atoms with Crippen LogP contribution in [0.4, 0.5) is 4.39 Å². The molecule has 0 unspecified atom stereocenters. The Morgan fingerprint density at radius 1 is 1.14 bits per heavy atom. The number of halogens is 1.